The predicted molar refractivity (Wildman–Crippen MR) is 270 cm³/mol. The first kappa shape index (κ1) is 40.2. The number of aryl methyl sites for hydroxylation is 9. The molecular formula is C57H51BN2S2. The van der Waals surface area contributed by atoms with Crippen molar-refractivity contribution in [2.75, 3.05) is 9.80 Å². The van der Waals surface area contributed by atoms with E-state index in [-0.39, 0.29) is 6.71 Å². The van der Waals surface area contributed by atoms with Gasteiger partial charge in [0.1, 0.15) is 0 Å². The Morgan fingerprint density at radius 3 is 1.37 bits per heavy atom. The lowest BCUT2D eigenvalue weighted by molar-refractivity contribution is 1.12. The molecule has 10 rings (SSSR count). The minimum atomic E-state index is 0.111. The number of fused-ring (bicyclic) bond motifs is 4. The smallest absolute Gasteiger partial charge is 0.242 e. The molecule has 2 heterocycles. The molecule has 0 N–H and O–H groups in total. The fourth-order valence-corrected chi connectivity index (χ4v) is 12.7. The Bertz CT molecular complexity index is 2940. The van der Waals surface area contributed by atoms with Gasteiger partial charge in [-0.1, -0.05) is 170 Å². The van der Waals surface area contributed by atoms with Crippen molar-refractivity contribution in [1.29, 1.82) is 0 Å². The van der Waals surface area contributed by atoms with E-state index in [9.17, 15) is 0 Å². The van der Waals surface area contributed by atoms with Crippen LogP contribution in [-0.4, -0.2) is 6.71 Å². The van der Waals surface area contributed by atoms with Crippen LogP contribution in [0.1, 0.15) is 50.1 Å². The molecule has 2 aliphatic rings. The fourth-order valence-electron chi connectivity index (χ4n) is 10.5. The third kappa shape index (κ3) is 6.96. The van der Waals surface area contributed by atoms with Gasteiger partial charge in [-0.2, -0.15) is 0 Å². The molecule has 8 aromatic rings. The van der Waals surface area contributed by atoms with Crippen LogP contribution in [0.3, 0.4) is 0 Å². The van der Waals surface area contributed by atoms with Crippen LogP contribution < -0.4 is 26.2 Å². The number of benzene rings is 8. The van der Waals surface area contributed by atoms with Crippen molar-refractivity contribution >= 4 is 80.7 Å². The Kier molecular flexibility index (Phi) is 10.2. The molecule has 0 fully saturated rings. The predicted octanol–water partition coefficient (Wildman–Crippen LogP) is 14.5. The van der Waals surface area contributed by atoms with Crippen molar-refractivity contribution in [2.45, 2.75) is 81.9 Å². The number of hydrogen-bond donors (Lipinski definition) is 0. The second kappa shape index (κ2) is 15.8. The van der Waals surface area contributed by atoms with Gasteiger partial charge in [-0.3, -0.25) is 0 Å². The highest BCUT2D eigenvalue weighted by Crippen LogP contribution is 2.56. The van der Waals surface area contributed by atoms with E-state index in [4.69, 9.17) is 0 Å². The van der Waals surface area contributed by atoms with Crippen molar-refractivity contribution in [3.8, 4) is 11.1 Å². The number of rotatable bonds is 6. The monoisotopic (exact) mass is 838 g/mol. The molecule has 0 saturated carbocycles. The molecule has 304 valence electrons. The summed E-state index contributed by atoms with van der Waals surface area (Å²) in [6.45, 7) is 20.4. The zero-order valence-corrected chi connectivity index (χ0v) is 38.8. The van der Waals surface area contributed by atoms with E-state index in [0.29, 0.717) is 0 Å². The third-order valence-electron chi connectivity index (χ3n) is 12.8. The van der Waals surface area contributed by atoms with Crippen molar-refractivity contribution < 1.29 is 0 Å². The Balaban J connectivity index is 1.12. The zero-order valence-electron chi connectivity index (χ0n) is 37.1. The maximum Gasteiger partial charge on any atom is 0.242 e. The van der Waals surface area contributed by atoms with Crippen LogP contribution >= 0.6 is 23.5 Å². The molecule has 2 nitrogen and oxygen atoms in total. The average Bonchev–Trinajstić information content (AvgIpc) is 3.23. The minimum Gasteiger partial charge on any atom is -0.308 e. The van der Waals surface area contributed by atoms with Crippen molar-refractivity contribution in [1.82, 2.24) is 0 Å². The van der Waals surface area contributed by atoms with E-state index < -0.39 is 0 Å². The Morgan fingerprint density at radius 2 is 0.806 bits per heavy atom. The normalized spacial score (nSPS) is 12.7. The molecule has 0 spiro atoms. The van der Waals surface area contributed by atoms with E-state index >= 15 is 0 Å². The summed E-state index contributed by atoms with van der Waals surface area (Å²) in [5.41, 5.74) is 25.7. The minimum absolute atomic E-state index is 0.111. The van der Waals surface area contributed by atoms with E-state index in [1.54, 1.807) is 0 Å². The lowest BCUT2D eigenvalue weighted by Crippen LogP contribution is -2.55. The summed E-state index contributed by atoms with van der Waals surface area (Å²) in [5.74, 6) is 0. The molecule has 0 bridgehead atoms. The second-order valence-electron chi connectivity index (χ2n) is 17.6. The standard InChI is InChI=1S/C57H51BN2S2/c1-34-25-37(4)55(38(5)26-34)58(56-39(6)27-35(2)28-40(56)7)45-16-14-15-43(31-45)44-21-23-49-53(32-44)62-54-33-46(22-24-50(54)60(49)57-41(8)29-36(3)30-42(57)9)59-47-17-10-12-19-51(47)61-52-20-13-11-18-48(52)59/h10-33H,1-9H3. The summed E-state index contributed by atoms with van der Waals surface area (Å²) >= 11 is 3.74. The van der Waals surface area contributed by atoms with E-state index in [1.165, 1.54) is 126 Å². The molecule has 0 aliphatic carbocycles. The number of anilines is 6. The van der Waals surface area contributed by atoms with Crippen LogP contribution in [0.15, 0.2) is 165 Å². The highest BCUT2D eigenvalue weighted by atomic mass is 32.2. The molecule has 0 unspecified atom stereocenters. The average molecular weight is 839 g/mol. The molecule has 2 aliphatic heterocycles. The molecule has 0 radical (unpaired) electrons. The van der Waals surface area contributed by atoms with Gasteiger partial charge >= 0.3 is 0 Å². The van der Waals surface area contributed by atoms with Gasteiger partial charge < -0.3 is 9.80 Å². The SMILES string of the molecule is Cc1cc(C)c(B(c2cccc(-c3ccc4c(c3)Sc3cc(N5c6ccccc6Sc6ccccc65)ccc3N4c3c(C)cc(C)cc3C)c2)c2c(C)cc(C)cc2C)c(C)c1. The number of nitrogens with zero attached hydrogens (tertiary/aromatic N) is 2. The van der Waals surface area contributed by atoms with Crippen LogP contribution in [0.4, 0.5) is 34.1 Å². The highest BCUT2D eigenvalue weighted by molar-refractivity contribution is 8.00. The molecular weight excluding hydrogens is 788 g/mol. The molecule has 5 heteroatoms. The molecule has 0 aromatic heterocycles. The first-order chi connectivity index (χ1) is 29.9. The molecule has 0 atom stereocenters. The van der Waals surface area contributed by atoms with Crippen LogP contribution in [0.2, 0.25) is 0 Å². The quantitative estimate of drug-likeness (QED) is 0.154. The summed E-state index contributed by atoms with van der Waals surface area (Å²) in [7, 11) is 0. The van der Waals surface area contributed by atoms with Crippen molar-refractivity contribution in [3.63, 3.8) is 0 Å². The zero-order chi connectivity index (χ0) is 43.0. The van der Waals surface area contributed by atoms with Gasteiger partial charge in [-0.15, -0.1) is 0 Å². The number of para-hydroxylation sites is 2. The Hall–Kier alpha value is -5.88. The van der Waals surface area contributed by atoms with Gasteiger partial charge in [0.25, 0.3) is 0 Å². The first-order valence-electron chi connectivity index (χ1n) is 21.7. The second-order valence-corrected chi connectivity index (χ2v) is 19.7. The Labute approximate surface area is 377 Å². The lowest BCUT2D eigenvalue weighted by Gasteiger charge is -2.37. The highest BCUT2D eigenvalue weighted by Gasteiger charge is 2.32. The summed E-state index contributed by atoms with van der Waals surface area (Å²) in [4.78, 5) is 9.99. The van der Waals surface area contributed by atoms with Gasteiger partial charge in [0.2, 0.25) is 6.71 Å². The van der Waals surface area contributed by atoms with Crippen LogP contribution in [0.5, 0.6) is 0 Å². The van der Waals surface area contributed by atoms with E-state index in [0.717, 1.165) is 5.69 Å². The van der Waals surface area contributed by atoms with Gasteiger partial charge in [-0.05, 0) is 139 Å². The molecule has 8 aromatic carbocycles. The topological polar surface area (TPSA) is 6.48 Å². The molecule has 62 heavy (non-hydrogen) atoms. The summed E-state index contributed by atoms with van der Waals surface area (Å²) in [6.07, 6.45) is 0. The Morgan fingerprint density at radius 1 is 0.355 bits per heavy atom. The summed E-state index contributed by atoms with van der Waals surface area (Å²) in [5, 5.41) is 0. The lowest BCUT2D eigenvalue weighted by atomic mass is 9.34. The van der Waals surface area contributed by atoms with E-state index in [1.807, 2.05) is 23.5 Å². The maximum absolute atomic E-state index is 2.52. The molecule has 0 amide bonds. The fraction of sp³-hybridized carbons (Fsp3) is 0.158. The third-order valence-corrected chi connectivity index (χ3v) is 15.0. The van der Waals surface area contributed by atoms with Crippen molar-refractivity contribution in [3.05, 3.63) is 196 Å². The van der Waals surface area contributed by atoms with Crippen molar-refractivity contribution in [2.24, 2.45) is 0 Å². The van der Waals surface area contributed by atoms with Crippen LogP contribution in [0.25, 0.3) is 11.1 Å². The van der Waals surface area contributed by atoms with Gasteiger partial charge in [0.05, 0.1) is 28.4 Å². The van der Waals surface area contributed by atoms with Gasteiger partial charge in [0, 0.05) is 25.3 Å². The summed E-state index contributed by atoms with van der Waals surface area (Å²) in [6, 6.07) is 55.2. The number of hydrogen-bond acceptors (Lipinski definition) is 4. The van der Waals surface area contributed by atoms with Crippen LogP contribution in [-0.2, 0) is 0 Å². The van der Waals surface area contributed by atoms with E-state index in [2.05, 4.69) is 218 Å². The molecule has 0 saturated heterocycles. The first-order valence-corrected chi connectivity index (χ1v) is 23.3. The van der Waals surface area contributed by atoms with Gasteiger partial charge in [0.15, 0.2) is 0 Å². The maximum atomic E-state index is 2.52. The largest absolute Gasteiger partial charge is 0.308 e. The summed E-state index contributed by atoms with van der Waals surface area (Å²) < 4.78 is 0. The van der Waals surface area contributed by atoms with Gasteiger partial charge in [-0.25, -0.2) is 0 Å². The van der Waals surface area contributed by atoms with Crippen LogP contribution in [0, 0.1) is 62.3 Å².